The minimum absolute atomic E-state index is 0.0703. The van der Waals surface area contributed by atoms with Crippen LogP contribution in [0.3, 0.4) is 0 Å². The van der Waals surface area contributed by atoms with Crippen LogP contribution < -0.4 is 11.1 Å². The SMILES string of the molecule is CC1(NC(=O)c2cc3ccccc3c(N)n2)CCC1. The maximum atomic E-state index is 12.2. The molecule has 4 heteroatoms. The van der Waals surface area contributed by atoms with Crippen LogP contribution in [0.5, 0.6) is 0 Å². The quantitative estimate of drug-likeness (QED) is 0.866. The third kappa shape index (κ3) is 2.14. The molecule has 0 bridgehead atoms. The van der Waals surface area contributed by atoms with Crippen LogP contribution >= 0.6 is 0 Å². The molecule has 2 aromatic rings. The van der Waals surface area contributed by atoms with Crippen molar-refractivity contribution < 1.29 is 4.79 Å². The fourth-order valence-corrected chi connectivity index (χ4v) is 2.51. The van der Waals surface area contributed by atoms with Crippen LogP contribution in [0.2, 0.25) is 0 Å². The summed E-state index contributed by atoms with van der Waals surface area (Å²) in [5.41, 5.74) is 6.24. The van der Waals surface area contributed by atoms with E-state index in [2.05, 4.69) is 17.2 Å². The van der Waals surface area contributed by atoms with E-state index in [4.69, 9.17) is 5.73 Å². The molecule has 0 spiro atoms. The summed E-state index contributed by atoms with van der Waals surface area (Å²) < 4.78 is 0. The molecule has 98 valence electrons. The van der Waals surface area contributed by atoms with Crippen LogP contribution in [0.15, 0.2) is 30.3 Å². The fourth-order valence-electron chi connectivity index (χ4n) is 2.51. The Labute approximate surface area is 112 Å². The highest BCUT2D eigenvalue weighted by molar-refractivity contribution is 6.00. The molecule has 1 fully saturated rings. The van der Waals surface area contributed by atoms with Gasteiger partial charge in [0.1, 0.15) is 11.5 Å². The van der Waals surface area contributed by atoms with Gasteiger partial charge in [0, 0.05) is 10.9 Å². The van der Waals surface area contributed by atoms with Crippen molar-refractivity contribution in [3.8, 4) is 0 Å². The van der Waals surface area contributed by atoms with E-state index >= 15 is 0 Å². The number of amides is 1. The molecule has 4 nitrogen and oxygen atoms in total. The van der Waals surface area contributed by atoms with Crippen molar-refractivity contribution in [3.05, 3.63) is 36.0 Å². The number of nitrogens with zero attached hydrogens (tertiary/aromatic N) is 1. The molecule has 0 atom stereocenters. The van der Waals surface area contributed by atoms with Gasteiger partial charge in [-0.1, -0.05) is 24.3 Å². The van der Waals surface area contributed by atoms with Gasteiger partial charge in [-0.3, -0.25) is 4.79 Å². The van der Waals surface area contributed by atoms with Crippen molar-refractivity contribution in [3.63, 3.8) is 0 Å². The average molecular weight is 255 g/mol. The Kier molecular flexibility index (Phi) is 2.66. The molecular formula is C15H17N3O. The number of hydrogen-bond acceptors (Lipinski definition) is 3. The van der Waals surface area contributed by atoms with Crippen LogP contribution in [-0.4, -0.2) is 16.4 Å². The summed E-state index contributed by atoms with van der Waals surface area (Å²) in [5.74, 6) is 0.265. The molecule has 3 rings (SSSR count). The monoisotopic (exact) mass is 255 g/mol. The zero-order valence-corrected chi connectivity index (χ0v) is 10.9. The van der Waals surface area contributed by atoms with E-state index in [0.717, 1.165) is 23.6 Å². The number of nitrogens with two attached hydrogens (primary N) is 1. The minimum Gasteiger partial charge on any atom is -0.383 e. The van der Waals surface area contributed by atoms with Gasteiger partial charge in [0.15, 0.2) is 0 Å². The topological polar surface area (TPSA) is 68.0 Å². The van der Waals surface area contributed by atoms with E-state index in [1.807, 2.05) is 24.3 Å². The molecular weight excluding hydrogens is 238 g/mol. The summed E-state index contributed by atoms with van der Waals surface area (Å²) in [5, 5.41) is 4.87. The molecule has 0 radical (unpaired) electrons. The smallest absolute Gasteiger partial charge is 0.270 e. The standard InChI is InChI=1S/C15H17N3O/c1-15(7-4-8-15)18-14(19)12-9-10-5-2-3-6-11(10)13(16)17-12/h2-3,5-6,9H,4,7-8H2,1H3,(H2,16,17)(H,18,19). The first-order chi connectivity index (χ1) is 9.07. The van der Waals surface area contributed by atoms with Gasteiger partial charge in [-0.15, -0.1) is 0 Å². The molecule has 19 heavy (non-hydrogen) atoms. The van der Waals surface area contributed by atoms with Crippen molar-refractivity contribution in [2.45, 2.75) is 31.7 Å². The summed E-state index contributed by atoms with van der Waals surface area (Å²) in [4.78, 5) is 16.4. The van der Waals surface area contributed by atoms with Gasteiger partial charge in [-0.25, -0.2) is 4.98 Å². The molecule has 1 aliphatic carbocycles. The van der Waals surface area contributed by atoms with Crippen LogP contribution in [0.1, 0.15) is 36.7 Å². The van der Waals surface area contributed by atoms with E-state index in [1.54, 1.807) is 6.07 Å². The summed E-state index contributed by atoms with van der Waals surface area (Å²) >= 11 is 0. The third-order valence-electron chi connectivity index (χ3n) is 3.87. The zero-order chi connectivity index (χ0) is 13.5. The second-order valence-electron chi connectivity index (χ2n) is 5.48. The lowest BCUT2D eigenvalue weighted by atomic mass is 9.78. The lowest BCUT2D eigenvalue weighted by Gasteiger charge is -2.39. The highest BCUT2D eigenvalue weighted by Gasteiger charge is 2.33. The minimum atomic E-state index is -0.139. The summed E-state index contributed by atoms with van der Waals surface area (Å²) in [7, 11) is 0. The number of rotatable bonds is 2. The molecule has 1 amide bonds. The Bertz CT molecular complexity index is 647. The first-order valence-electron chi connectivity index (χ1n) is 6.55. The Hall–Kier alpha value is -2.10. The van der Waals surface area contributed by atoms with Gasteiger partial charge in [-0.2, -0.15) is 0 Å². The number of carbonyl (C=O) groups is 1. The van der Waals surface area contributed by atoms with Gasteiger partial charge in [0.2, 0.25) is 0 Å². The van der Waals surface area contributed by atoms with E-state index in [-0.39, 0.29) is 11.4 Å². The van der Waals surface area contributed by atoms with Gasteiger partial charge in [0.25, 0.3) is 5.91 Å². The fraction of sp³-hybridized carbons (Fsp3) is 0.333. The number of hydrogen-bond donors (Lipinski definition) is 2. The Morgan fingerprint density at radius 3 is 2.79 bits per heavy atom. The number of fused-ring (bicyclic) bond motifs is 1. The lowest BCUT2D eigenvalue weighted by molar-refractivity contribution is 0.0845. The van der Waals surface area contributed by atoms with Crippen molar-refractivity contribution in [1.82, 2.24) is 10.3 Å². The largest absolute Gasteiger partial charge is 0.383 e. The predicted molar refractivity (Wildman–Crippen MR) is 75.9 cm³/mol. The predicted octanol–water partition coefficient (Wildman–Crippen LogP) is 2.49. The molecule has 0 saturated heterocycles. The van der Waals surface area contributed by atoms with Crippen molar-refractivity contribution in [1.29, 1.82) is 0 Å². The molecule has 1 aromatic carbocycles. The van der Waals surface area contributed by atoms with Crippen molar-refractivity contribution in [2.75, 3.05) is 5.73 Å². The normalized spacial score (nSPS) is 16.9. The van der Waals surface area contributed by atoms with Crippen LogP contribution in [-0.2, 0) is 0 Å². The van der Waals surface area contributed by atoms with Crippen molar-refractivity contribution >= 4 is 22.5 Å². The van der Waals surface area contributed by atoms with E-state index in [1.165, 1.54) is 6.42 Å². The number of aromatic nitrogens is 1. The molecule has 1 saturated carbocycles. The summed E-state index contributed by atoms with van der Waals surface area (Å²) in [6.45, 7) is 2.07. The Morgan fingerprint density at radius 2 is 2.11 bits per heavy atom. The zero-order valence-electron chi connectivity index (χ0n) is 10.9. The van der Waals surface area contributed by atoms with E-state index < -0.39 is 0 Å². The number of benzene rings is 1. The number of carbonyl (C=O) groups excluding carboxylic acids is 1. The third-order valence-corrected chi connectivity index (χ3v) is 3.87. The first kappa shape index (κ1) is 12.0. The number of nitrogen functional groups attached to an aromatic ring is 1. The highest BCUT2D eigenvalue weighted by atomic mass is 16.2. The number of pyridine rings is 1. The van der Waals surface area contributed by atoms with E-state index in [9.17, 15) is 4.79 Å². The second kappa shape index (κ2) is 4.23. The highest BCUT2D eigenvalue weighted by Crippen LogP contribution is 2.31. The van der Waals surface area contributed by atoms with E-state index in [0.29, 0.717) is 11.5 Å². The maximum Gasteiger partial charge on any atom is 0.270 e. The van der Waals surface area contributed by atoms with Crippen LogP contribution in [0.25, 0.3) is 10.8 Å². The summed E-state index contributed by atoms with van der Waals surface area (Å²) in [6.07, 6.45) is 3.23. The van der Waals surface area contributed by atoms with Crippen LogP contribution in [0.4, 0.5) is 5.82 Å². The average Bonchev–Trinajstić information content (AvgIpc) is 2.37. The second-order valence-corrected chi connectivity index (χ2v) is 5.48. The summed E-state index contributed by atoms with van der Waals surface area (Å²) in [6, 6.07) is 9.48. The molecule has 1 aromatic heterocycles. The molecule has 3 N–H and O–H groups in total. The molecule has 1 heterocycles. The van der Waals surface area contributed by atoms with Gasteiger partial charge in [0.05, 0.1) is 0 Å². The Balaban J connectivity index is 1.94. The first-order valence-corrected chi connectivity index (χ1v) is 6.55. The van der Waals surface area contributed by atoms with Gasteiger partial charge >= 0.3 is 0 Å². The number of nitrogens with one attached hydrogen (secondary N) is 1. The molecule has 1 aliphatic rings. The lowest BCUT2D eigenvalue weighted by Crippen LogP contribution is -2.51. The molecule has 0 aliphatic heterocycles. The van der Waals surface area contributed by atoms with Gasteiger partial charge < -0.3 is 11.1 Å². The van der Waals surface area contributed by atoms with Crippen LogP contribution in [0, 0.1) is 0 Å². The van der Waals surface area contributed by atoms with Crippen molar-refractivity contribution in [2.24, 2.45) is 0 Å². The number of anilines is 1. The Morgan fingerprint density at radius 1 is 1.37 bits per heavy atom. The van der Waals surface area contributed by atoms with Gasteiger partial charge in [-0.05, 0) is 37.6 Å². The molecule has 0 unspecified atom stereocenters. The maximum absolute atomic E-state index is 12.2.